The normalized spacial score (nSPS) is 19.1. The Labute approximate surface area is 246 Å². The van der Waals surface area contributed by atoms with E-state index >= 15 is 0 Å². The third kappa shape index (κ3) is 5.97. The van der Waals surface area contributed by atoms with E-state index in [2.05, 4.69) is 29.2 Å². The Bertz CT molecular complexity index is 1400. The number of likely N-dealkylation sites (tertiary alicyclic amines) is 1. The molecule has 0 aliphatic carbocycles. The zero-order valence-corrected chi connectivity index (χ0v) is 24.0. The van der Waals surface area contributed by atoms with Gasteiger partial charge in [-0.25, -0.2) is 5.01 Å². The average Bonchev–Trinajstić information content (AvgIpc) is 3.46. The highest BCUT2D eigenvalue weighted by Crippen LogP contribution is 2.40. The number of anilines is 3. The standard InChI is InChI=1S/C33H37N5O4/c1-25(39)32-34-38(29-8-4-2-5-9-29)33(37(32)28-14-12-27(13-15-28)35-20-22-41-23-21-35)26-10-16-30(17-11-26)42-24-31(40)36-18-6-3-7-19-36/h2,4-5,8-17,33H,3,6-7,18-24H2,1H3/t33-/m0/s1. The summed E-state index contributed by atoms with van der Waals surface area (Å²) in [5.41, 5.74) is 3.81. The predicted octanol–water partition coefficient (Wildman–Crippen LogP) is 4.84. The van der Waals surface area contributed by atoms with Gasteiger partial charge in [-0.15, -0.1) is 5.10 Å². The number of para-hydroxylation sites is 1. The van der Waals surface area contributed by atoms with Crippen LogP contribution in [-0.2, 0) is 14.3 Å². The molecule has 2 fully saturated rings. The maximum Gasteiger partial charge on any atom is 0.260 e. The van der Waals surface area contributed by atoms with Gasteiger partial charge in [0.25, 0.3) is 5.91 Å². The molecule has 3 aliphatic heterocycles. The summed E-state index contributed by atoms with van der Waals surface area (Å²) in [6.07, 6.45) is 2.88. The lowest BCUT2D eigenvalue weighted by Crippen LogP contribution is -2.38. The number of amides is 1. The fourth-order valence-electron chi connectivity index (χ4n) is 5.77. The lowest BCUT2D eigenvalue weighted by atomic mass is 10.1. The number of ether oxygens (including phenoxy) is 2. The number of rotatable bonds is 8. The third-order valence-electron chi connectivity index (χ3n) is 8.00. The Morgan fingerprint density at radius 3 is 2.14 bits per heavy atom. The number of hydrogen-bond donors (Lipinski definition) is 0. The minimum atomic E-state index is -0.399. The van der Waals surface area contributed by atoms with E-state index in [4.69, 9.17) is 14.6 Å². The van der Waals surface area contributed by atoms with Crippen LogP contribution in [0.2, 0.25) is 0 Å². The van der Waals surface area contributed by atoms with Crippen LogP contribution in [0, 0.1) is 0 Å². The first-order valence-corrected chi connectivity index (χ1v) is 14.7. The first kappa shape index (κ1) is 27.8. The second-order valence-corrected chi connectivity index (χ2v) is 10.8. The molecule has 1 atom stereocenters. The van der Waals surface area contributed by atoms with Crippen molar-refractivity contribution in [3.8, 4) is 5.75 Å². The Kier molecular flexibility index (Phi) is 8.37. The van der Waals surface area contributed by atoms with Gasteiger partial charge in [0.05, 0.1) is 18.9 Å². The highest BCUT2D eigenvalue weighted by Gasteiger charge is 2.39. The molecule has 0 radical (unpaired) electrons. The average molecular weight is 568 g/mol. The van der Waals surface area contributed by atoms with E-state index in [-0.39, 0.29) is 18.3 Å². The number of hydrogen-bond acceptors (Lipinski definition) is 8. The first-order valence-electron chi connectivity index (χ1n) is 14.7. The maximum absolute atomic E-state index is 13.0. The van der Waals surface area contributed by atoms with Crippen molar-refractivity contribution in [3.63, 3.8) is 0 Å². The fraction of sp³-hybridized carbons (Fsp3) is 0.364. The van der Waals surface area contributed by atoms with Crippen LogP contribution in [0.25, 0.3) is 0 Å². The molecule has 1 amide bonds. The fourth-order valence-corrected chi connectivity index (χ4v) is 5.77. The summed E-state index contributed by atoms with van der Waals surface area (Å²) in [5.74, 6) is 0.904. The predicted molar refractivity (Wildman–Crippen MR) is 164 cm³/mol. The zero-order chi connectivity index (χ0) is 28.9. The van der Waals surface area contributed by atoms with Crippen LogP contribution in [0.3, 0.4) is 0 Å². The molecule has 3 aliphatic rings. The zero-order valence-electron chi connectivity index (χ0n) is 24.0. The van der Waals surface area contributed by atoms with Crippen LogP contribution in [0.4, 0.5) is 17.1 Å². The summed E-state index contributed by atoms with van der Waals surface area (Å²) in [7, 11) is 0. The lowest BCUT2D eigenvalue weighted by molar-refractivity contribution is -0.134. The summed E-state index contributed by atoms with van der Waals surface area (Å²) < 4.78 is 11.4. The van der Waals surface area contributed by atoms with Crippen molar-refractivity contribution in [2.75, 3.05) is 60.8 Å². The number of hydrazone groups is 1. The van der Waals surface area contributed by atoms with Crippen molar-refractivity contribution in [2.45, 2.75) is 32.4 Å². The molecule has 6 rings (SSSR count). The molecular formula is C33H37N5O4. The van der Waals surface area contributed by atoms with Gasteiger partial charge >= 0.3 is 0 Å². The Morgan fingerprint density at radius 2 is 1.48 bits per heavy atom. The summed E-state index contributed by atoms with van der Waals surface area (Å²) in [4.78, 5) is 31.7. The Morgan fingerprint density at radius 1 is 0.810 bits per heavy atom. The quantitative estimate of drug-likeness (QED) is 0.385. The first-order chi connectivity index (χ1) is 20.6. The summed E-state index contributed by atoms with van der Waals surface area (Å²) >= 11 is 0. The van der Waals surface area contributed by atoms with E-state index < -0.39 is 6.17 Å². The van der Waals surface area contributed by atoms with Gasteiger partial charge in [-0.2, -0.15) is 0 Å². The Hall–Kier alpha value is -4.37. The van der Waals surface area contributed by atoms with E-state index in [9.17, 15) is 9.59 Å². The minimum absolute atomic E-state index is 0.0241. The van der Waals surface area contributed by atoms with Gasteiger partial charge in [-0.05, 0) is 73.4 Å². The van der Waals surface area contributed by atoms with Gasteiger partial charge in [-0.3, -0.25) is 14.5 Å². The number of ketones is 1. The number of Topliss-reactive ketones (excluding diaryl/α,β-unsaturated/α-hetero) is 1. The molecule has 3 aromatic rings. The summed E-state index contributed by atoms with van der Waals surface area (Å²) in [6, 6.07) is 25.9. The number of amidine groups is 1. The number of morpholine rings is 1. The number of carbonyl (C=O) groups excluding carboxylic acids is 2. The number of piperidine rings is 1. The van der Waals surface area contributed by atoms with E-state index in [0.29, 0.717) is 11.6 Å². The molecule has 9 nitrogen and oxygen atoms in total. The number of benzene rings is 3. The van der Waals surface area contributed by atoms with Crippen LogP contribution in [0.5, 0.6) is 5.75 Å². The molecule has 0 bridgehead atoms. The van der Waals surface area contributed by atoms with Gasteiger partial charge in [-0.1, -0.05) is 30.3 Å². The number of carbonyl (C=O) groups is 2. The molecule has 42 heavy (non-hydrogen) atoms. The van der Waals surface area contributed by atoms with E-state index in [1.165, 1.54) is 6.42 Å². The SMILES string of the molecule is CC(=O)C1=NN(c2ccccc2)[C@@H](c2ccc(OCC(=O)N3CCCCC3)cc2)N1c1ccc(N2CCOCC2)cc1. The van der Waals surface area contributed by atoms with Crippen LogP contribution in [0.1, 0.15) is 37.9 Å². The molecular weight excluding hydrogens is 530 g/mol. The van der Waals surface area contributed by atoms with Gasteiger partial charge in [0.15, 0.2) is 24.4 Å². The second kappa shape index (κ2) is 12.7. The Balaban J connectivity index is 1.28. The van der Waals surface area contributed by atoms with Crippen molar-refractivity contribution in [3.05, 3.63) is 84.4 Å². The van der Waals surface area contributed by atoms with Crippen molar-refractivity contribution < 1.29 is 19.1 Å². The van der Waals surface area contributed by atoms with Crippen molar-refractivity contribution in [1.82, 2.24) is 4.90 Å². The summed E-state index contributed by atoms with van der Waals surface area (Å²) in [6.45, 7) is 6.33. The number of nitrogens with zero attached hydrogens (tertiary/aromatic N) is 5. The molecule has 218 valence electrons. The van der Waals surface area contributed by atoms with E-state index in [0.717, 1.165) is 74.9 Å². The summed E-state index contributed by atoms with van der Waals surface area (Å²) in [5, 5.41) is 6.73. The largest absolute Gasteiger partial charge is 0.484 e. The van der Waals surface area contributed by atoms with Gasteiger partial charge in [0, 0.05) is 44.5 Å². The highest BCUT2D eigenvalue weighted by molar-refractivity contribution is 6.44. The molecule has 0 N–H and O–H groups in total. The molecule has 0 spiro atoms. The molecule has 2 saturated heterocycles. The third-order valence-corrected chi connectivity index (χ3v) is 8.00. The monoisotopic (exact) mass is 567 g/mol. The second-order valence-electron chi connectivity index (χ2n) is 10.8. The topological polar surface area (TPSA) is 77.9 Å². The van der Waals surface area contributed by atoms with Crippen LogP contribution >= 0.6 is 0 Å². The highest BCUT2D eigenvalue weighted by atomic mass is 16.5. The van der Waals surface area contributed by atoms with E-state index in [1.807, 2.05) is 69.4 Å². The van der Waals surface area contributed by atoms with Gasteiger partial charge in [0.2, 0.25) is 0 Å². The molecule has 0 aromatic heterocycles. The van der Waals surface area contributed by atoms with Crippen molar-refractivity contribution in [1.29, 1.82) is 0 Å². The van der Waals surface area contributed by atoms with Crippen molar-refractivity contribution >= 4 is 34.6 Å². The molecule has 3 heterocycles. The van der Waals surface area contributed by atoms with Crippen LogP contribution < -0.4 is 19.5 Å². The van der Waals surface area contributed by atoms with Crippen LogP contribution in [-0.4, -0.2) is 68.4 Å². The van der Waals surface area contributed by atoms with Crippen molar-refractivity contribution in [2.24, 2.45) is 5.10 Å². The molecule has 0 unspecified atom stereocenters. The maximum atomic E-state index is 13.0. The molecule has 3 aromatic carbocycles. The van der Waals surface area contributed by atoms with E-state index in [1.54, 1.807) is 6.92 Å². The van der Waals surface area contributed by atoms with Crippen LogP contribution in [0.15, 0.2) is 84.0 Å². The van der Waals surface area contributed by atoms with Gasteiger partial charge in [0.1, 0.15) is 5.75 Å². The molecule has 0 saturated carbocycles. The smallest absolute Gasteiger partial charge is 0.260 e. The molecule has 9 heteroatoms. The minimum Gasteiger partial charge on any atom is -0.484 e. The van der Waals surface area contributed by atoms with Gasteiger partial charge < -0.3 is 19.3 Å². The lowest BCUT2D eigenvalue weighted by Gasteiger charge is -2.33.